The second-order valence-corrected chi connectivity index (χ2v) is 12.3. The molecule has 0 spiro atoms. The molecule has 2 heteroatoms. The van der Waals surface area contributed by atoms with Gasteiger partial charge < -0.3 is 4.90 Å². The van der Waals surface area contributed by atoms with Crippen LogP contribution in [0.3, 0.4) is 0 Å². The van der Waals surface area contributed by atoms with Crippen LogP contribution in [0.15, 0.2) is 54.6 Å². The van der Waals surface area contributed by atoms with Crippen molar-refractivity contribution in [2.24, 2.45) is 0 Å². The predicted octanol–water partition coefficient (Wildman–Crippen LogP) is 9.99. The number of aryl methyl sites for hydroxylation is 3. The fraction of sp³-hybridized carbons (Fsp3) is 0.438. The van der Waals surface area contributed by atoms with Crippen molar-refractivity contribution in [1.82, 2.24) is 0 Å². The Morgan fingerprint density at radius 2 is 1.26 bits per heavy atom. The summed E-state index contributed by atoms with van der Waals surface area (Å²) in [5, 5.41) is 0. The Balaban J connectivity index is 2.23. The van der Waals surface area contributed by atoms with Crippen molar-refractivity contribution >= 4 is 23.0 Å². The van der Waals surface area contributed by atoms with E-state index >= 15 is 0 Å². The molecule has 0 aliphatic rings. The van der Waals surface area contributed by atoms with Crippen molar-refractivity contribution in [2.75, 3.05) is 4.90 Å². The Labute approximate surface area is 213 Å². The normalized spacial score (nSPS) is 13.1. The Hall–Kier alpha value is -2.25. The van der Waals surface area contributed by atoms with Crippen LogP contribution < -0.4 is 4.90 Å². The Morgan fingerprint density at radius 1 is 0.735 bits per heavy atom. The number of benzene rings is 3. The van der Waals surface area contributed by atoms with Crippen LogP contribution in [0.25, 0.3) is 11.1 Å². The molecule has 0 aliphatic heterocycles. The highest BCUT2D eigenvalue weighted by atomic mass is 35.5. The maximum Gasteiger partial charge on any atom is 0.108 e. The lowest BCUT2D eigenvalue weighted by Crippen LogP contribution is -2.27. The van der Waals surface area contributed by atoms with Gasteiger partial charge in [-0.25, -0.2) is 0 Å². The zero-order chi connectivity index (χ0) is 25.4. The summed E-state index contributed by atoms with van der Waals surface area (Å²) in [6.07, 6.45) is 0.846. The second-order valence-electron chi connectivity index (χ2n) is 11.8. The zero-order valence-electron chi connectivity index (χ0n) is 22.8. The van der Waals surface area contributed by atoms with Crippen LogP contribution in [0.5, 0.6) is 0 Å². The quantitative estimate of drug-likeness (QED) is 0.262. The fourth-order valence-corrected chi connectivity index (χ4v) is 4.94. The molecular weight excluding hydrogens is 434 g/mol. The van der Waals surface area contributed by atoms with Crippen molar-refractivity contribution in [2.45, 2.75) is 92.0 Å². The fourth-order valence-electron chi connectivity index (χ4n) is 4.72. The summed E-state index contributed by atoms with van der Waals surface area (Å²) in [6.45, 7) is 22.4. The summed E-state index contributed by atoms with van der Waals surface area (Å²) in [6, 6.07) is 20.4. The van der Waals surface area contributed by atoms with Crippen molar-refractivity contribution in [3.8, 4) is 11.1 Å². The molecule has 0 aliphatic carbocycles. The molecule has 0 radical (unpaired) electrons. The van der Waals surface area contributed by atoms with E-state index in [-0.39, 0.29) is 16.3 Å². The summed E-state index contributed by atoms with van der Waals surface area (Å²) < 4.78 is 0. The first-order valence-electron chi connectivity index (χ1n) is 12.5. The molecule has 3 aromatic rings. The predicted molar refractivity (Wildman–Crippen MR) is 152 cm³/mol. The van der Waals surface area contributed by atoms with Gasteiger partial charge in [0.05, 0.1) is 0 Å². The minimum Gasteiger partial charge on any atom is -0.324 e. The zero-order valence-corrected chi connectivity index (χ0v) is 23.6. The van der Waals surface area contributed by atoms with E-state index in [0.29, 0.717) is 0 Å². The first-order valence-corrected chi connectivity index (χ1v) is 12.9. The van der Waals surface area contributed by atoms with Crippen LogP contribution in [0.4, 0.5) is 11.4 Å². The van der Waals surface area contributed by atoms with Gasteiger partial charge in [0.2, 0.25) is 0 Å². The molecule has 1 nitrogen and oxygen atoms in total. The highest BCUT2D eigenvalue weighted by Gasteiger charge is 2.25. The van der Waals surface area contributed by atoms with E-state index in [2.05, 4.69) is 129 Å². The average Bonchev–Trinajstić information content (AvgIpc) is 2.72. The van der Waals surface area contributed by atoms with Gasteiger partial charge in [-0.1, -0.05) is 96.0 Å². The van der Waals surface area contributed by atoms with E-state index in [1.165, 1.54) is 38.9 Å². The molecule has 0 aromatic heterocycles. The number of nitrogens with zero attached hydrogens (tertiary/aromatic N) is 1. The van der Waals surface area contributed by atoms with E-state index in [4.69, 9.17) is 11.6 Å². The lowest BCUT2D eigenvalue weighted by Gasteiger charge is -2.33. The van der Waals surface area contributed by atoms with Gasteiger partial charge in [0.1, 0.15) is 5.50 Å². The van der Waals surface area contributed by atoms with Gasteiger partial charge >= 0.3 is 0 Å². The van der Waals surface area contributed by atoms with Crippen LogP contribution in [-0.4, -0.2) is 5.50 Å². The molecule has 3 rings (SSSR count). The average molecular weight is 476 g/mol. The second kappa shape index (κ2) is 9.78. The summed E-state index contributed by atoms with van der Waals surface area (Å²) in [7, 11) is 0. The third kappa shape index (κ3) is 5.69. The molecule has 0 amide bonds. The standard InChI is InChI=1S/C32H42ClN/c1-11-29(33)34(28-19-25(31(5,6)7)18-26(20-28)32(8,9)10)27-14-12-13-24(17-27)30-22(3)15-21(2)16-23(30)4/h12-20,29H,11H2,1-10H3. The van der Waals surface area contributed by atoms with Crippen LogP contribution in [0, 0.1) is 20.8 Å². The molecule has 0 saturated carbocycles. The first-order chi connectivity index (χ1) is 15.7. The largest absolute Gasteiger partial charge is 0.324 e. The van der Waals surface area contributed by atoms with Gasteiger partial charge in [0.15, 0.2) is 0 Å². The van der Waals surface area contributed by atoms with Crippen molar-refractivity contribution in [3.05, 3.63) is 82.4 Å². The molecule has 34 heavy (non-hydrogen) atoms. The number of alkyl halides is 1. The third-order valence-electron chi connectivity index (χ3n) is 6.64. The molecule has 3 aromatic carbocycles. The van der Waals surface area contributed by atoms with Crippen LogP contribution >= 0.6 is 11.6 Å². The number of rotatable bonds is 5. The van der Waals surface area contributed by atoms with Gasteiger partial charge in [-0.15, -0.1) is 0 Å². The molecule has 1 atom stereocenters. The summed E-state index contributed by atoms with van der Waals surface area (Å²) in [5.41, 5.74) is 11.4. The summed E-state index contributed by atoms with van der Waals surface area (Å²) >= 11 is 7.04. The highest BCUT2D eigenvalue weighted by Crippen LogP contribution is 2.39. The molecule has 0 saturated heterocycles. The topological polar surface area (TPSA) is 3.24 Å². The molecule has 0 fully saturated rings. The third-order valence-corrected chi connectivity index (χ3v) is 7.14. The SMILES string of the molecule is CCC(Cl)N(c1cccc(-c2c(C)cc(C)cc2C)c1)c1cc(C(C)(C)C)cc(C(C)(C)C)c1. The smallest absolute Gasteiger partial charge is 0.108 e. The lowest BCUT2D eigenvalue weighted by molar-refractivity contribution is 0.568. The minimum absolute atomic E-state index is 0.0493. The lowest BCUT2D eigenvalue weighted by atomic mass is 9.80. The highest BCUT2D eigenvalue weighted by molar-refractivity contribution is 6.22. The molecule has 0 bridgehead atoms. The van der Waals surface area contributed by atoms with Gasteiger partial charge in [-0.2, -0.15) is 0 Å². The number of halogens is 1. The van der Waals surface area contributed by atoms with E-state index in [1.54, 1.807) is 0 Å². The molecule has 0 heterocycles. The van der Waals surface area contributed by atoms with E-state index in [1.807, 2.05) is 0 Å². The van der Waals surface area contributed by atoms with Crippen LogP contribution in [0.2, 0.25) is 0 Å². The maximum atomic E-state index is 7.04. The number of anilines is 2. The molecular formula is C32H42ClN. The Morgan fingerprint density at radius 3 is 1.74 bits per heavy atom. The van der Waals surface area contributed by atoms with E-state index in [0.717, 1.165) is 17.8 Å². The van der Waals surface area contributed by atoms with Gasteiger partial charge in [-0.3, -0.25) is 0 Å². The van der Waals surface area contributed by atoms with Crippen molar-refractivity contribution < 1.29 is 0 Å². The molecule has 0 N–H and O–H groups in total. The Kier molecular flexibility index (Phi) is 7.58. The summed E-state index contributed by atoms with van der Waals surface area (Å²) in [4.78, 5) is 2.31. The maximum absolute atomic E-state index is 7.04. The number of hydrogen-bond donors (Lipinski definition) is 0. The van der Waals surface area contributed by atoms with Gasteiger partial charge in [0, 0.05) is 11.4 Å². The van der Waals surface area contributed by atoms with Crippen LogP contribution in [-0.2, 0) is 10.8 Å². The van der Waals surface area contributed by atoms with Crippen molar-refractivity contribution in [1.29, 1.82) is 0 Å². The summed E-state index contributed by atoms with van der Waals surface area (Å²) in [5.74, 6) is 0. The van der Waals surface area contributed by atoms with Gasteiger partial charge in [-0.05, 0) is 95.7 Å². The van der Waals surface area contributed by atoms with E-state index < -0.39 is 0 Å². The number of hydrogen-bond acceptors (Lipinski definition) is 1. The van der Waals surface area contributed by atoms with Crippen LogP contribution in [0.1, 0.15) is 82.7 Å². The van der Waals surface area contributed by atoms with Gasteiger partial charge in [0.25, 0.3) is 0 Å². The Bertz CT molecular complexity index is 1110. The van der Waals surface area contributed by atoms with E-state index in [9.17, 15) is 0 Å². The monoisotopic (exact) mass is 475 g/mol. The molecule has 182 valence electrons. The van der Waals surface area contributed by atoms with Crippen molar-refractivity contribution in [3.63, 3.8) is 0 Å². The molecule has 1 unspecified atom stereocenters. The first kappa shape index (κ1) is 26.4. The minimum atomic E-state index is -0.140.